The van der Waals surface area contributed by atoms with E-state index in [2.05, 4.69) is 18.8 Å². The van der Waals surface area contributed by atoms with Gasteiger partial charge >= 0.3 is 0 Å². The minimum absolute atomic E-state index is 0.0281. The van der Waals surface area contributed by atoms with Gasteiger partial charge in [0.15, 0.2) is 0 Å². The van der Waals surface area contributed by atoms with E-state index in [0.29, 0.717) is 11.2 Å². The highest BCUT2D eigenvalue weighted by Crippen LogP contribution is 2.25. The molecule has 0 aliphatic heterocycles. The number of hydrogen-bond acceptors (Lipinski definition) is 4. The molecule has 25 heavy (non-hydrogen) atoms. The van der Waals surface area contributed by atoms with E-state index < -0.39 is 0 Å². The number of fused-ring (bicyclic) bond motifs is 3. The number of aromatic nitrogens is 4. The third kappa shape index (κ3) is 2.38. The Morgan fingerprint density at radius 3 is 2.52 bits per heavy atom. The zero-order valence-electron chi connectivity index (χ0n) is 14.4. The van der Waals surface area contributed by atoms with Gasteiger partial charge in [0.1, 0.15) is 11.5 Å². The summed E-state index contributed by atoms with van der Waals surface area (Å²) in [6.45, 7) is 4.18. The van der Waals surface area contributed by atoms with E-state index >= 15 is 0 Å². The van der Waals surface area contributed by atoms with Crippen LogP contribution in [0.4, 0.5) is 5.82 Å². The Morgan fingerprint density at radius 2 is 1.84 bits per heavy atom. The van der Waals surface area contributed by atoms with Gasteiger partial charge in [0.05, 0.1) is 16.6 Å². The number of nitrogens with two attached hydrogens (primary N) is 1. The molecule has 0 saturated heterocycles. The molecular weight excluding hydrogens is 314 g/mol. The van der Waals surface area contributed by atoms with E-state index in [4.69, 9.17) is 10.8 Å². The second kappa shape index (κ2) is 5.44. The molecule has 2 N–H and O–H groups in total. The number of pyridine rings is 1. The highest BCUT2D eigenvalue weighted by Gasteiger charge is 2.14. The summed E-state index contributed by atoms with van der Waals surface area (Å²) in [5.41, 5.74) is 10.1. The SMILES string of the molecule is CC(C)c1cc2n(C)c(=O)c3ccc(-c4ccc(N)nc4)cc3n2n1. The van der Waals surface area contributed by atoms with Crippen LogP contribution in [0.15, 0.2) is 47.4 Å². The molecule has 4 aromatic rings. The summed E-state index contributed by atoms with van der Waals surface area (Å²) in [5, 5.41) is 5.35. The molecular formula is C19H19N5O. The lowest BCUT2D eigenvalue weighted by Gasteiger charge is -2.08. The summed E-state index contributed by atoms with van der Waals surface area (Å²) in [5.74, 6) is 0.768. The Kier molecular flexibility index (Phi) is 3.35. The van der Waals surface area contributed by atoms with Crippen LogP contribution in [-0.2, 0) is 7.05 Å². The van der Waals surface area contributed by atoms with Crippen molar-refractivity contribution >= 4 is 22.4 Å². The van der Waals surface area contributed by atoms with Crippen molar-refractivity contribution in [1.82, 2.24) is 19.2 Å². The van der Waals surface area contributed by atoms with Gasteiger partial charge in [-0.25, -0.2) is 9.50 Å². The Hall–Kier alpha value is -3.15. The lowest BCUT2D eigenvalue weighted by molar-refractivity contribution is 0.786. The molecule has 0 fully saturated rings. The largest absolute Gasteiger partial charge is 0.384 e. The summed E-state index contributed by atoms with van der Waals surface area (Å²) >= 11 is 0. The van der Waals surface area contributed by atoms with Crippen LogP contribution in [0.3, 0.4) is 0 Å². The molecule has 3 aromatic heterocycles. The summed E-state index contributed by atoms with van der Waals surface area (Å²) in [6, 6.07) is 11.4. The number of rotatable bonds is 2. The molecule has 0 spiro atoms. The van der Waals surface area contributed by atoms with E-state index in [1.54, 1.807) is 23.9 Å². The maximum absolute atomic E-state index is 12.7. The molecule has 4 rings (SSSR count). The van der Waals surface area contributed by atoms with Crippen LogP contribution in [-0.4, -0.2) is 19.2 Å². The van der Waals surface area contributed by atoms with Crippen molar-refractivity contribution < 1.29 is 0 Å². The van der Waals surface area contributed by atoms with E-state index in [0.717, 1.165) is 28.0 Å². The van der Waals surface area contributed by atoms with E-state index in [9.17, 15) is 4.79 Å². The molecule has 0 unspecified atom stereocenters. The molecule has 6 heteroatoms. The first-order valence-electron chi connectivity index (χ1n) is 8.20. The van der Waals surface area contributed by atoms with Crippen molar-refractivity contribution in [2.75, 3.05) is 5.73 Å². The molecule has 0 bridgehead atoms. The predicted molar refractivity (Wildman–Crippen MR) is 99.7 cm³/mol. The topological polar surface area (TPSA) is 78.2 Å². The Bertz CT molecular complexity index is 1150. The maximum Gasteiger partial charge on any atom is 0.261 e. The minimum atomic E-state index is -0.0281. The number of hydrogen-bond donors (Lipinski definition) is 1. The molecule has 0 radical (unpaired) electrons. The first-order valence-corrected chi connectivity index (χ1v) is 8.20. The minimum Gasteiger partial charge on any atom is -0.384 e. The van der Waals surface area contributed by atoms with Crippen LogP contribution in [0.5, 0.6) is 0 Å². The summed E-state index contributed by atoms with van der Waals surface area (Å²) < 4.78 is 3.49. The highest BCUT2D eigenvalue weighted by molar-refractivity contribution is 5.85. The molecule has 0 amide bonds. The highest BCUT2D eigenvalue weighted by atomic mass is 16.1. The molecule has 0 atom stereocenters. The van der Waals surface area contributed by atoms with Gasteiger partial charge < -0.3 is 5.73 Å². The number of benzene rings is 1. The van der Waals surface area contributed by atoms with Crippen LogP contribution in [0.25, 0.3) is 27.7 Å². The van der Waals surface area contributed by atoms with Crippen molar-refractivity contribution in [3.05, 3.63) is 58.6 Å². The first-order chi connectivity index (χ1) is 12.0. The van der Waals surface area contributed by atoms with Gasteiger partial charge in [0.25, 0.3) is 5.56 Å². The zero-order valence-corrected chi connectivity index (χ0v) is 14.4. The quantitative estimate of drug-likeness (QED) is 0.612. The zero-order chi connectivity index (χ0) is 17.7. The lowest BCUT2D eigenvalue weighted by atomic mass is 10.1. The fourth-order valence-corrected chi connectivity index (χ4v) is 3.02. The van der Waals surface area contributed by atoms with Gasteiger partial charge in [-0.2, -0.15) is 5.10 Å². The molecule has 3 heterocycles. The van der Waals surface area contributed by atoms with E-state index in [1.807, 2.05) is 34.8 Å². The standard InChI is InChI=1S/C19H19N5O/c1-11(2)15-9-18-23(3)19(25)14-6-4-12(8-16(14)24(18)22-15)13-5-7-17(20)21-10-13/h4-11H,1-3H3,(H2,20,21). The molecule has 0 aliphatic rings. The van der Waals surface area contributed by atoms with E-state index in [-0.39, 0.29) is 11.5 Å². The average Bonchev–Trinajstić information content (AvgIpc) is 3.06. The fourth-order valence-electron chi connectivity index (χ4n) is 3.02. The Balaban J connectivity index is 2.06. The van der Waals surface area contributed by atoms with Gasteiger partial charge in [0.2, 0.25) is 0 Å². The molecule has 0 saturated carbocycles. The molecule has 6 nitrogen and oxygen atoms in total. The number of nitrogens with zero attached hydrogens (tertiary/aromatic N) is 4. The molecule has 0 aliphatic carbocycles. The first kappa shape index (κ1) is 15.4. The fraction of sp³-hybridized carbons (Fsp3) is 0.211. The van der Waals surface area contributed by atoms with Crippen LogP contribution in [0.2, 0.25) is 0 Å². The average molecular weight is 333 g/mol. The number of anilines is 1. The third-order valence-corrected chi connectivity index (χ3v) is 4.53. The van der Waals surface area contributed by atoms with Gasteiger partial charge in [-0.3, -0.25) is 9.36 Å². The van der Waals surface area contributed by atoms with Gasteiger partial charge in [-0.1, -0.05) is 19.9 Å². The van der Waals surface area contributed by atoms with E-state index in [1.165, 1.54) is 0 Å². The monoisotopic (exact) mass is 333 g/mol. The predicted octanol–water partition coefficient (Wildman–Crippen LogP) is 2.95. The van der Waals surface area contributed by atoms with Crippen LogP contribution < -0.4 is 11.3 Å². The van der Waals surface area contributed by atoms with Crippen molar-refractivity contribution in [2.24, 2.45) is 7.05 Å². The smallest absolute Gasteiger partial charge is 0.261 e. The van der Waals surface area contributed by atoms with Crippen molar-refractivity contribution in [3.63, 3.8) is 0 Å². The van der Waals surface area contributed by atoms with Crippen LogP contribution >= 0.6 is 0 Å². The van der Waals surface area contributed by atoms with Crippen LogP contribution in [0, 0.1) is 0 Å². The Labute approximate surface area is 144 Å². The van der Waals surface area contributed by atoms with Gasteiger partial charge in [0, 0.05) is 24.9 Å². The second-order valence-electron chi connectivity index (χ2n) is 6.56. The molecule has 126 valence electrons. The summed E-state index contributed by atoms with van der Waals surface area (Å²) in [6.07, 6.45) is 1.73. The lowest BCUT2D eigenvalue weighted by Crippen LogP contribution is -2.19. The molecule has 1 aromatic carbocycles. The normalized spacial score (nSPS) is 11.7. The summed E-state index contributed by atoms with van der Waals surface area (Å²) in [4.78, 5) is 16.9. The van der Waals surface area contributed by atoms with Crippen molar-refractivity contribution in [1.29, 1.82) is 0 Å². The maximum atomic E-state index is 12.7. The Morgan fingerprint density at radius 1 is 1.08 bits per heavy atom. The second-order valence-corrected chi connectivity index (χ2v) is 6.56. The van der Waals surface area contributed by atoms with Crippen LogP contribution in [0.1, 0.15) is 25.5 Å². The van der Waals surface area contributed by atoms with Crippen molar-refractivity contribution in [3.8, 4) is 11.1 Å². The van der Waals surface area contributed by atoms with Gasteiger partial charge in [-0.15, -0.1) is 0 Å². The van der Waals surface area contributed by atoms with Crippen molar-refractivity contribution in [2.45, 2.75) is 19.8 Å². The third-order valence-electron chi connectivity index (χ3n) is 4.53. The number of aryl methyl sites for hydroxylation is 1. The van der Waals surface area contributed by atoms with Gasteiger partial charge in [-0.05, 0) is 35.7 Å². The summed E-state index contributed by atoms with van der Waals surface area (Å²) in [7, 11) is 1.78. The number of nitrogen functional groups attached to an aromatic ring is 1.